The molecule has 1 aliphatic rings. The van der Waals surface area contributed by atoms with Crippen LogP contribution in [0, 0.1) is 0 Å². The molecule has 21 heavy (non-hydrogen) atoms. The van der Waals surface area contributed by atoms with Crippen LogP contribution in [0.1, 0.15) is 44.1 Å². The first-order valence-electron chi connectivity index (χ1n) is 7.64. The molecule has 2 aromatic carbocycles. The summed E-state index contributed by atoms with van der Waals surface area (Å²) in [6.45, 7) is 1.88. The van der Waals surface area contributed by atoms with Gasteiger partial charge in [-0.25, -0.2) is 0 Å². The van der Waals surface area contributed by atoms with Crippen LogP contribution in [0.5, 0.6) is 0 Å². The van der Waals surface area contributed by atoms with E-state index in [1.54, 1.807) is 0 Å². The third kappa shape index (κ3) is 3.08. The molecule has 110 valence electrons. The molecule has 1 amide bonds. The average Bonchev–Trinajstić information content (AvgIpc) is 2.98. The van der Waals surface area contributed by atoms with Crippen LogP contribution in [0.4, 0.5) is 0 Å². The van der Waals surface area contributed by atoms with Crippen molar-refractivity contribution < 1.29 is 4.79 Å². The molecule has 1 fully saturated rings. The smallest absolute Gasteiger partial charge is 0.224 e. The van der Waals surface area contributed by atoms with Gasteiger partial charge in [0.2, 0.25) is 5.91 Å². The molecule has 2 nitrogen and oxygen atoms in total. The zero-order chi connectivity index (χ0) is 14.8. The first-order chi connectivity index (χ1) is 10.1. The Kier molecular flexibility index (Phi) is 4.20. The van der Waals surface area contributed by atoms with Gasteiger partial charge in [0, 0.05) is 10.1 Å². The Balaban J connectivity index is 1.98. The fraction of sp³-hybridized carbons (Fsp3) is 0.389. The highest BCUT2D eigenvalue weighted by Gasteiger charge is 2.18. The van der Waals surface area contributed by atoms with Crippen LogP contribution in [0.25, 0.3) is 10.8 Å². The molecule has 2 aromatic rings. The molecular formula is C18H21NOS. The largest absolute Gasteiger partial charge is 0.369 e. The van der Waals surface area contributed by atoms with Gasteiger partial charge in [-0.05, 0) is 48.2 Å². The summed E-state index contributed by atoms with van der Waals surface area (Å²) >= 11 is 1.98. The van der Waals surface area contributed by atoms with Crippen LogP contribution in [0.3, 0.4) is 0 Å². The zero-order valence-corrected chi connectivity index (χ0v) is 13.2. The maximum Gasteiger partial charge on any atom is 0.224 e. The Labute approximate surface area is 130 Å². The number of amides is 1. The molecule has 0 aliphatic heterocycles. The van der Waals surface area contributed by atoms with Gasteiger partial charge in [-0.2, -0.15) is 0 Å². The fourth-order valence-electron chi connectivity index (χ4n) is 3.08. The van der Waals surface area contributed by atoms with E-state index in [2.05, 4.69) is 24.3 Å². The van der Waals surface area contributed by atoms with E-state index in [0.29, 0.717) is 0 Å². The maximum absolute atomic E-state index is 11.5. The summed E-state index contributed by atoms with van der Waals surface area (Å²) in [4.78, 5) is 12.8. The van der Waals surface area contributed by atoms with Gasteiger partial charge in [-0.3, -0.25) is 4.79 Å². The summed E-state index contributed by atoms with van der Waals surface area (Å²) in [5, 5.41) is 3.09. The molecule has 0 heterocycles. The van der Waals surface area contributed by atoms with Gasteiger partial charge in [0.1, 0.15) is 0 Å². The summed E-state index contributed by atoms with van der Waals surface area (Å²) in [5.74, 6) is -0.517. The number of carbonyl (C=O) groups is 1. The van der Waals surface area contributed by atoms with Crippen LogP contribution >= 0.6 is 11.8 Å². The number of nitrogens with two attached hydrogens (primary N) is 1. The maximum atomic E-state index is 11.5. The summed E-state index contributed by atoms with van der Waals surface area (Å²) in [6, 6.07) is 12.7. The van der Waals surface area contributed by atoms with Crippen LogP contribution < -0.4 is 5.73 Å². The SMILES string of the molecule is CC(C(N)=O)c1cccc2ccc(SC3CCCC3)cc12. The topological polar surface area (TPSA) is 43.1 Å². The van der Waals surface area contributed by atoms with E-state index in [1.165, 1.54) is 36.0 Å². The van der Waals surface area contributed by atoms with Gasteiger partial charge < -0.3 is 5.73 Å². The second-order valence-corrected chi connectivity index (χ2v) is 7.25. The predicted octanol–water partition coefficient (Wildman–Crippen LogP) is 4.46. The number of hydrogen-bond donors (Lipinski definition) is 1. The van der Waals surface area contributed by atoms with Crippen molar-refractivity contribution >= 4 is 28.4 Å². The van der Waals surface area contributed by atoms with Gasteiger partial charge in [-0.15, -0.1) is 11.8 Å². The van der Waals surface area contributed by atoms with Gasteiger partial charge in [0.25, 0.3) is 0 Å². The molecule has 3 heteroatoms. The lowest BCUT2D eigenvalue weighted by Gasteiger charge is -2.14. The molecule has 0 bridgehead atoms. The quantitative estimate of drug-likeness (QED) is 0.905. The second kappa shape index (κ2) is 6.10. The standard InChI is InChI=1S/C18H21NOS/c1-12(18(19)20)16-8-4-5-13-9-10-15(11-17(13)16)21-14-6-2-3-7-14/h4-5,8-12,14H,2-3,6-7H2,1H3,(H2,19,20). The molecule has 3 rings (SSSR count). The van der Waals surface area contributed by atoms with E-state index < -0.39 is 0 Å². The van der Waals surface area contributed by atoms with Crippen molar-refractivity contribution in [1.29, 1.82) is 0 Å². The minimum Gasteiger partial charge on any atom is -0.369 e. The molecular weight excluding hydrogens is 278 g/mol. The lowest BCUT2D eigenvalue weighted by Crippen LogP contribution is -2.18. The summed E-state index contributed by atoms with van der Waals surface area (Å²) in [6.07, 6.45) is 5.36. The molecule has 2 N–H and O–H groups in total. The lowest BCUT2D eigenvalue weighted by atomic mass is 9.94. The van der Waals surface area contributed by atoms with E-state index in [-0.39, 0.29) is 11.8 Å². The number of fused-ring (bicyclic) bond motifs is 1. The van der Waals surface area contributed by atoms with E-state index in [0.717, 1.165) is 16.2 Å². The fourth-order valence-corrected chi connectivity index (χ4v) is 4.37. The van der Waals surface area contributed by atoms with Crippen molar-refractivity contribution in [2.75, 3.05) is 0 Å². The van der Waals surface area contributed by atoms with Gasteiger partial charge in [0.05, 0.1) is 5.92 Å². The van der Waals surface area contributed by atoms with E-state index in [4.69, 9.17) is 5.73 Å². The minimum absolute atomic E-state index is 0.250. The summed E-state index contributed by atoms with van der Waals surface area (Å²) < 4.78 is 0. The van der Waals surface area contributed by atoms with Gasteiger partial charge in [0.15, 0.2) is 0 Å². The molecule has 1 saturated carbocycles. The molecule has 0 radical (unpaired) electrons. The molecule has 0 saturated heterocycles. The molecule has 1 atom stereocenters. The number of benzene rings is 2. The van der Waals surface area contributed by atoms with Crippen molar-refractivity contribution in [3.63, 3.8) is 0 Å². The second-order valence-electron chi connectivity index (χ2n) is 5.88. The zero-order valence-electron chi connectivity index (χ0n) is 12.3. The summed E-state index contributed by atoms with van der Waals surface area (Å²) in [7, 11) is 0. The van der Waals surface area contributed by atoms with E-state index >= 15 is 0 Å². The first kappa shape index (κ1) is 14.5. The number of carbonyl (C=O) groups excluding carboxylic acids is 1. The van der Waals surface area contributed by atoms with E-state index in [9.17, 15) is 4.79 Å². The Bertz CT molecular complexity index is 661. The predicted molar refractivity (Wildman–Crippen MR) is 89.7 cm³/mol. The highest BCUT2D eigenvalue weighted by atomic mass is 32.2. The van der Waals surface area contributed by atoms with Gasteiger partial charge >= 0.3 is 0 Å². The monoisotopic (exact) mass is 299 g/mol. The minimum atomic E-state index is -0.267. The molecule has 0 aromatic heterocycles. The Morgan fingerprint density at radius 3 is 2.71 bits per heavy atom. The van der Waals surface area contributed by atoms with Crippen molar-refractivity contribution in [2.45, 2.75) is 48.7 Å². The van der Waals surface area contributed by atoms with Crippen LogP contribution in [0.15, 0.2) is 41.3 Å². The van der Waals surface area contributed by atoms with Crippen LogP contribution in [-0.4, -0.2) is 11.2 Å². The highest BCUT2D eigenvalue weighted by molar-refractivity contribution is 8.00. The number of primary amides is 1. The summed E-state index contributed by atoms with van der Waals surface area (Å²) in [5.41, 5.74) is 6.52. The van der Waals surface area contributed by atoms with Gasteiger partial charge in [-0.1, -0.05) is 37.1 Å². The van der Waals surface area contributed by atoms with E-state index in [1.807, 2.05) is 30.8 Å². The third-order valence-electron chi connectivity index (χ3n) is 4.39. The lowest BCUT2D eigenvalue weighted by molar-refractivity contribution is -0.119. The number of rotatable bonds is 4. The number of thioether (sulfide) groups is 1. The third-order valence-corrected chi connectivity index (χ3v) is 5.72. The molecule has 1 aliphatic carbocycles. The van der Waals surface area contributed by atoms with Crippen molar-refractivity contribution in [2.24, 2.45) is 5.73 Å². The van der Waals surface area contributed by atoms with Crippen LogP contribution in [0.2, 0.25) is 0 Å². The Morgan fingerprint density at radius 1 is 1.24 bits per heavy atom. The molecule has 0 spiro atoms. The number of hydrogen-bond acceptors (Lipinski definition) is 2. The average molecular weight is 299 g/mol. The Morgan fingerprint density at radius 2 is 2.00 bits per heavy atom. The first-order valence-corrected chi connectivity index (χ1v) is 8.52. The highest BCUT2D eigenvalue weighted by Crippen LogP contribution is 2.37. The van der Waals surface area contributed by atoms with Crippen LogP contribution in [-0.2, 0) is 4.79 Å². The van der Waals surface area contributed by atoms with Crippen molar-refractivity contribution in [3.05, 3.63) is 42.0 Å². The van der Waals surface area contributed by atoms with Crippen molar-refractivity contribution in [1.82, 2.24) is 0 Å². The Hall–Kier alpha value is -1.48. The normalized spacial score (nSPS) is 17.2. The molecule has 1 unspecified atom stereocenters. The van der Waals surface area contributed by atoms with Crippen molar-refractivity contribution in [3.8, 4) is 0 Å².